The molecule has 0 spiro atoms. The maximum Gasteiger partial charge on any atom is 0.315 e. The molecule has 2 aromatic rings. The highest BCUT2D eigenvalue weighted by Crippen LogP contribution is 2.33. The number of furan rings is 1. The summed E-state index contributed by atoms with van der Waals surface area (Å²) >= 11 is 0. The summed E-state index contributed by atoms with van der Waals surface area (Å²) in [7, 11) is 1.92. The van der Waals surface area contributed by atoms with Crippen molar-refractivity contribution in [3.63, 3.8) is 0 Å². The highest BCUT2D eigenvalue weighted by molar-refractivity contribution is 5.74. The summed E-state index contributed by atoms with van der Waals surface area (Å²) in [5.41, 5.74) is 3.08. The number of hydrogen-bond donors (Lipinski definition) is 2. The number of nitrogens with one attached hydrogen (secondary N) is 2. The van der Waals surface area contributed by atoms with Crippen LogP contribution in [0.1, 0.15) is 48.2 Å². The molecule has 1 aliphatic rings. The van der Waals surface area contributed by atoms with E-state index in [4.69, 9.17) is 9.15 Å². The van der Waals surface area contributed by atoms with Crippen LogP contribution < -0.4 is 10.6 Å². The molecule has 1 saturated heterocycles. The van der Waals surface area contributed by atoms with E-state index in [1.165, 1.54) is 0 Å². The van der Waals surface area contributed by atoms with Crippen LogP contribution in [0.15, 0.2) is 22.8 Å². The molecule has 3 rings (SSSR count). The van der Waals surface area contributed by atoms with Gasteiger partial charge in [-0.05, 0) is 39.3 Å². The number of aromatic nitrogens is 2. The van der Waals surface area contributed by atoms with Crippen LogP contribution in [-0.2, 0) is 11.8 Å². The number of rotatable bonds is 4. The van der Waals surface area contributed by atoms with E-state index >= 15 is 0 Å². The van der Waals surface area contributed by atoms with Crippen molar-refractivity contribution in [2.45, 2.75) is 45.4 Å². The summed E-state index contributed by atoms with van der Waals surface area (Å²) in [4.78, 5) is 12.3. The number of hydrogen-bond acceptors (Lipinski definition) is 4. The zero-order valence-electron chi connectivity index (χ0n) is 14.5. The maximum atomic E-state index is 12.3. The normalized spacial score (nSPS) is 21.7. The van der Waals surface area contributed by atoms with E-state index in [0.29, 0.717) is 6.61 Å². The fourth-order valence-corrected chi connectivity index (χ4v) is 3.24. The molecule has 1 aliphatic heterocycles. The van der Waals surface area contributed by atoms with Gasteiger partial charge in [0.25, 0.3) is 0 Å². The summed E-state index contributed by atoms with van der Waals surface area (Å²) in [5.74, 6) is 0.725. The highest BCUT2D eigenvalue weighted by Gasteiger charge is 2.34. The second-order valence-corrected chi connectivity index (χ2v) is 6.25. The van der Waals surface area contributed by atoms with Crippen LogP contribution in [0.2, 0.25) is 0 Å². The lowest BCUT2D eigenvalue weighted by Gasteiger charge is -2.22. The first-order valence-corrected chi connectivity index (χ1v) is 8.19. The zero-order chi connectivity index (χ0) is 17.3. The minimum absolute atomic E-state index is 0.0737. The van der Waals surface area contributed by atoms with Crippen molar-refractivity contribution in [3.05, 3.63) is 41.1 Å². The molecule has 3 heterocycles. The van der Waals surface area contributed by atoms with Gasteiger partial charge >= 0.3 is 6.03 Å². The van der Waals surface area contributed by atoms with Gasteiger partial charge in [-0.1, -0.05) is 0 Å². The van der Waals surface area contributed by atoms with Crippen molar-refractivity contribution < 1.29 is 13.9 Å². The highest BCUT2D eigenvalue weighted by atomic mass is 16.5. The first kappa shape index (κ1) is 16.6. The molecule has 0 saturated carbocycles. The fraction of sp³-hybridized carbons (Fsp3) is 0.529. The Morgan fingerprint density at radius 2 is 2.25 bits per heavy atom. The molecule has 1 fully saturated rings. The van der Waals surface area contributed by atoms with E-state index in [-0.39, 0.29) is 24.2 Å². The summed E-state index contributed by atoms with van der Waals surface area (Å²) < 4.78 is 13.1. The van der Waals surface area contributed by atoms with E-state index in [1.807, 2.05) is 38.6 Å². The Morgan fingerprint density at radius 1 is 1.46 bits per heavy atom. The van der Waals surface area contributed by atoms with Crippen molar-refractivity contribution >= 4 is 6.03 Å². The summed E-state index contributed by atoms with van der Waals surface area (Å²) in [6.07, 6.45) is 2.21. The Bertz CT molecular complexity index is 708. The third kappa shape index (κ3) is 3.17. The number of nitrogens with zero attached hydrogens (tertiary/aromatic N) is 2. The smallest absolute Gasteiger partial charge is 0.315 e. The van der Waals surface area contributed by atoms with Crippen LogP contribution in [0.4, 0.5) is 4.79 Å². The molecular weight excluding hydrogens is 308 g/mol. The van der Waals surface area contributed by atoms with E-state index in [1.54, 1.807) is 12.3 Å². The van der Waals surface area contributed by atoms with Gasteiger partial charge in [0.1, 0.15) is 11.9 Å². The van der Waals surface area contributed by atoms with Gasteiger partial charge in [-0.3, -0.25) is 4.68 Å². The Labute approximate surface area is 141 Å². The minimum atomic E-state index is -0.224. The van der Waals surface area contributed by atoms with Gasteiger partial charge in [0, 0.05) is 24.9 Å². The lowest BCUT2D eigenvalue weighted by Crippen LogP contribution is -2.44. The Morgan fingerprint density at radius 3 is 2.88 bits per heavy atom. The van der Waals surface area contributed by atoms with Gasteiger partial charge in [0.05, 0.1) is 24.0 Å². The van der Waals surface area contributed by atoms with E-state index < -0.39 is 0 Å². The van der Waals surface area contributed by atoms with Crippen LogP contribution in [0.3, 0.4) is 0 Å². The number of urea groups is 1. The van der Waals surface area contributed by atoms with E-state index in [9.17, 15) is 4.79 Å². The van der Waals surface area contributed by atoms with Crippen molar-refractivity contribution in [2.24, 2.45) is 7.05 Å². The van der Waals surface area contributed by atoms with Crippen molar-refractivity contribution in [1.82, 2.24) is 20.4 Å². The van der Waals surface area contributed by atoms with E-state index in [0.717, 1.165) is 29.1 Å². The van der Waals surface area contributed by atoms with Gasteiger partial charge < -0.3 is 19.8 Å². The number of carbonyl (C=O) groups is 1. The minimum Gasteiger partial charge on any atom is -0.467 e. The van der Waals surface area contributed by atoms with E-state index in [2.05, 4.69) is 15.7 Å². The van der Waals surface area contributed by atoms with Crippen LogP contribution in [0.5, 0.6) is 0 Å². The number of carbonyl (C=O) groups excluding carboxylic acids is 1. The lowest BCUT2D eigenvalue weighted by molar-refractivity contribution is 0.0987. The van der Waals surface area contributed by atoms with Gasteiger partial charge in [0.15, 0.2) is 0 Å². The topological polar surface area (TPSA) is 81.3 Å². The molecule has 3 atom stereocenters. The number of amides is 2. The average Bonchev–Trinajstić information content (AvgIpc) is 3.23. The maximum absolute atomic E-state index is 12.3. The van der Waals surface area contributed by atoms with Crippen LogP contribution in [0, 0.1) is 13.8 Å². The molecular formula is C17H24N4O3. The molecule has 0 aromatic carbocycles. The third-order valence-electron chi connectivity index (χ3n) is 4.58. The molecule has 0 bridgehead atoms. The molecule has 2 aromatic heterocycles. The summed E-state index contributed by atoms with van der Waals surface area (Å²) in [5, 5.41) is 10.4. The molecule has 0 radical (unpaired) electrons. The standard InChI is InChI=1S/C17H24N4O3/c1-10(14-6-5-8-23-14)18-17(22)19-13-7-9-24-16(13)15-11(2)20-21(4)12(15)3/h5-6,8,10,13,16H,7,9H2,1-4H3,(H2,18,19,22)/t10-,13+,16+/m1/s1. The number of aryl methyl sites for hydroxylation is 2. The zero-order valence-corrected chi connectivity index (χ0v) is 14.5. The third-order valence-corrected chi connectivity index (χ3v) is 4.58. The molecule has 2 N–H and O–H groups in total. The molecule has 24 heavy (non-hydrogen) atoms. The molecule has 130 valence electrons. The van der Waals surface area contributed by atoms with Gasteiger partial charge in [-0.15, -0.1) is 0 Å². The Hall–Kier alpha value is -2.28. The second-order valence-electron chi connectivity index (χ2n) is 6.25. The summed E-state index contributed by atoms with van der Waals surface area (Å²) in [6, 6.07) is 3.16. The quantitative estimate of drug-likeness (QED) is 0.901. The van der Waals surface area contributed by atoms with Crippen LogP contribution in [-0.4, -0.2) is 28.5 Å². The molecule has 7 heteroatoms. The predicted molar refractivity (Wildman–Crippen MR) is 88.6 cm³/mol. The lowest BCUT2D eigenvalue weighted by atomic mass is 10.0. The number of ether oxygens (including phenoxy) is 1. The fourth-order valence-electron chi connectivity index (χ4n) is 3.24. The monoisotopic (exact) mass is 332 g/mol. The molecule has 0 unspecified atom stereocenters. The molecule has 2 amide bonds. The van der Waals surface area contributed by atoms with Crippen molar-refractivity contribution in [3.8, 4) is 0 Å². The Kier molecular flexibility index (Phi) is 4.62. The Balaban J connectivity index is 1.66. The van der Waals surface area contributed by atoms with Gasteiger partial charge in [-0.2, -0.15) is 5.10 Å². The van der Waals surface area contributed by atoms with Crippen LogP contribution >= 0.6 is 0 Å². The SMILES string of the molecule is Cc1nn(C)c(C)c1[C@H]1OCC[C@@H]1NC(=O)N[C@H](C)c1ccco1. The summed E-state index contributed by atoms with van der Waals surface area (Å²) in [6.45, 7) is 6.50. The molecule has 7 nitrogen and oxygen atoms in total. The van der Waals surface area contributed by atoms with Gasteiger partial charge in [-0.25, -0.2) is 4.79 Å². The van der Waals surface area contributed by atoms with Crippen molar-refractivity contribution in [1.29, 1.82) is 0 Å². The largest absolute Gasteiger partial charge is 0.467 e. The average molecular weight is 332 g/mol. The van der Waals surface area contributed by atoms with Gasteiger partial charge in [0.2, 0.25) is 0 Å². The second kappa shape index (κ2) is 6.68. The predicted octanol–water partition coefficient (Wildman–Crippen LogP) is 2.52. The first-order valence-electron chi connectivity index (χ1n) is 8.19. The van der Waals surface area contributed by atoms with Crippen molar-refractivity contribution in [2.75, 3.05) is 6.61 Å². The molecule has 0 aliphatic carbocycles. The first-order chi connectivity index (χ1) is 11.5. The van der Waals surface area contributed by atoms with Crippen LogP contribution in [0.25, 0.3) is 0 Å².